The van der Waals surface area contributed by atoms with Crippen LogP contribution >= 0.6 is 12.4 Å². The highest BCUT2D eigenvalue weighted by atomic mass is 35.5. The highest BCUT2D eigenvalue weighted by Gasteiger charge is 2.07. The lowest BCUT2D eigenvalue weighted by molar-refractivity contribution is 0.0500. The van der Waals surface area contributed by atoms with Gasteiger partial charge in [-0.3, -0.25) is 0 Å². The number of carbonyl (C=O) groups is 1. The maximum absolute atomic E-state index is 11.9. The van der Waals surface area contributed by atoms with E-state index in [0.717, 1.165) is 35.2 Å². The number of hydrogen-bond acceptors (Lipinski definition) is 4. The van der Waals surface area contributed by atoms with Gasteiger partial charge in [-0.1, -0.05) is 31.5 Å². The maximum atomic E-state index is 11.9. The predicted molar refractivity (Wildman–Crippen MR) is 109 cm³/mol. The van der Waals surface area contributed by atoms with E-state index in [-0.39, 0.29) is 18.4 Å². The second-order valence-corrected chi connectivity index (χ2v) is 6.03. The van der Waals surface area contributed by atoms with Crippen molar-refractivity contribution in [3.63, 3.8) is 0 Å². The number of aromatic nitrogens is 1. The monoisotopic (exact) mass is 370 g/mol. The molecule has 0 radical (unpaired) electrons. The van der Waals surface area contributed by atoms with Crippen molar-refractivity contribution in [2.24, 2.45) is 0 Å². The molecule has 4 nitrogen and oxygen atoms in total. The second-order valence-electron chi connectivity index (χ2n) is 6.03. The molecule has 1 aromatic heterocycles. The molecule has 0 atom stereocenters. The number of hydrogen-bond donors (Lipinski definition) is 1. The lowest BCUT2D eigenvalue weighted by Gasteiger charge is -2.10. The Morgan fingerprint density at radius 2 is 1.85 bits per heavy atom. The van der Waals surface area contributed by atoms with Crippen molar-refractivity contribution in [1.29, 1.82) is 0 Å². The number of halogens is 1. The van der Waals surface area contributed by atoms with Crippen LogP contribution in [0.2, 0.25) is 0 Å². The highest BCUT2D eigenvalue weighted by molar-refractivity contribution is 5.90. The molecule has 0 aliphatic carbocycles. The standard InChI is InChI=1S/C21H22N2O2.ClH/c1-3-4-13-25-21(24)16-9-11-17(12-10-16)22-20-14-15(2)18-7-5-6-8-19(18)23-20;/h5-12,14H,3-4,13H2,1-2H3,(H,22,23);1H. The molecule has 5 heteroatoms. The van der Waals surface area contributed by atoms with Gasteiger partial charge >= 0.3 is 5.97 Å². The van der Waals surface area contributed by atoms with Crippen LogP contribution < -0.4 is 5.32 Å². The number of anilines is 2. The predicted octanol–water partition coefficient (Wildman–Crippen LogP) is 5.67. The number of benzene rings is 2. The van der Waals surface area contributed by atoms with Crippen LogP contribution in [0.3, 0.4) is 0 Å². The molecule has 0 bridgehead atoms. The first-order valence-electron chi connectivity index (χ1n) is 8.58. The zero-order chi connectivity index (χ0) is 17.6. The molecule has 3 rings (SSSR count). The number of aryl methyl sites for hydroxylation is 1. The number of nitrogens with zero attached hydrogens (tertiary/aromatic N) is 1. The normalized spacial score (nSPS) is 10.2. The summed E-state index contributed by atoms with van der Waals surface area (Å²) in [5.74, 6) is 0.508. The van der Waals surface area contributed by atoms with Crippen molar-refractivity contribution in [3.05, 3.63) is 65.7 Å². The van der Waals surface area contributed by atoms with Gasteiger partial charge in [-0.25, -0.2) is 9.78 Å². The van der Waals surface area contributed by atoms with Gasteiger partial charge < -0.3 is 10.1 Å². The van der Waals surface area contributed by atoms with Crippen molar-refractivity contribution in [3.8, 4) is 0 Å². The van der Waals surface area contributed by atoms with Gasteiger partial charge in [-0.15, -0.1) is 12.4 Å². The number of carbonyl (C=O) groups excluding carboxylic acids is 1. The van der Waals surface area contributed by atoms with Crippen molar-refractivity contribution in [2.75, 3.05) is 11.9 Å². The highest BCUT2D eigenvalue weighted by Crippen LogP contribution is 2.22. The van der Waals surface area contributed by atoms with Crippen molar-refractivity contribution >= 4 is 40.8 Å². The summed E-state index contributed by atoms with van der Waals surface area (Å²) >= 11 is 0. The minimum Gasteiger partial charge on any atom is -0.462 e. The van der Waals surface area contributed by atoms with E-state index in [1.807, 2.05) is 36.4 Å². The van der Waals surface area contributed by atoms with Crippen LogP contribution in [0.25, 0.3) is 10.9 Å². The molecular formula is C21H23ClN2O2. The Balaban J connectivity index is 0.00000243. The summed E-state index contributed by atoms with van der Waals surface area (Å²) in [7, 11) is 0. The van der Waals surface area contributed by atoms with Gasteiger partial charge in [0.2, 0.25) is 0 Å². The molecule has 2 aromatic carbocycles. The molecule has 3 aromatic rings. The summed E-state index contributed by atoms with van der Waals surface area (Å²) < 4.78 is 5.22. The smallest absolute Gasteiger partial charge is 0.338 e. The van der Waals surface area contributed by atoms with Crippen LogP contribution in [0.5, 0.6) is 0 Å². The Kier molecular flexibility index (Phi) is 6.98. The van der Waals surface area contributed by atoms with E-state index in [1.165, 1.54) is 5.56 Å². The van der Waals surface area contributed by atoms with Gasteiger partial charge in [0, 0.05) is 11.1 Å². The molecule has 0 spiro atoms. The Morgan fingerprint density at radius 1 is 1.12 bits per heavy atom. The summed E-state index contributed by atoms with van der Waals surface area (Å²) in [6, 6.07) is 17.4. The Hall–Kier alpha value is -2.59. The Morgan fingerprint density at radius 3 is 2.58 bits per heavy atom. The van der Waals surface area contributed by atoms with Crippen molar-refractivity contribution < 1.29 is 9.53 Å². The van der Waals surface area contributed by atoms with Crippen LogP contribution in [0.4, 0.5) is 11.5 Å². The molecule has 0 saturated heterocycles. The maximum Gasteiger partial charge on any atom is 0.338 e. The topological polar surface area (TPSA) is 51.2 Å². The molecule has 0 amide bonds. The first-order valence-corrected chi connectivity index (χ1v) is 8.58. The van der Waals surface area contributed by atoms with Crippen molar-refractivity contribution in [2.45, 2.75) is 26.7 Å². The van der Waals surface area contributed by atoms with Gasteiger partial charge in [0.25, 0.3) is 0 Å². The molecule has 0 aliphatic rings. The van der Waals surface area contributed by atoms with E-state index in [4.69, 9.17) is 4.74 Å². The average molecular weight is 371 g/mol. The van der Waals surface area contributed by atoms with Gasteiger partial charge in [0.1, 0.15) is 5.82 Å². The third-order valence-corrected chi connectivity index (χ3v) is 4.05. The molecule has 1 heterocycles. The van der Waals surface area contributed by atoms with Crippen LogP contribution in [0, 0.1) is 6.92 Å². The van der Waals surface area contributed by atoms with E-state index in [2.05, 4.69) is 30.2 Å². The molecule has 0 fully saturated rings. The zero-order valence-electron chi connectivity index (χ0n) is 15.0. The SMILES string of the molecule is CCCCOC(=O)c1ccc(Nc2cc(C)c3ccccc3n2)cc1.Cl. The average Bonchev–Trinajstić information content (AvgIpc) is 2.62. The molecule has 136 valence electrons. The molecule has 0 aliphatic heterocycles. The van der Waals surface area contributed by atoms with Crippen LogP contribution in [-0.4, -0.2) is 17.6 Å². The number of esters is 1. The largest absolute Gasteiger partial charge is 0.462 e. The molecular weight excluding hydrogens is 348 g/mol. The summed E-state index contributed by atoms with van der Waals surface area (Å²) in [4.78, 5) is 16.6. The fourth-order valence-electron chi connectivity index (χ4n) is 2.64. The fourth-order valence-corrected chi connectivity index (χ4v) is 2.64. The summed E-state index contributed by atoms with van der Waals surface area (Å²) in [6.07, 6.45) is 1.90. The van der Waals surface area contributed by atoms with Crippen LogP contribution in [0.15, 0.2) is 54.6 Å². The number of unbranched alkanes of at least 4 members (excludes halogenated alkanes) is 1. The first kappa shape index (κ1) is 19.7. The fraction of sp³-hybridized carbons (Fsp3) is 0.238. The Labute approximate surface area is 160 Å². The number of pyridine rings is 1. The van der Waals surface area contributed by atoms with Crippen molar-refractivity contribution in [1.82, 2.24) is 4.98 Å². The summed E-state index contributed by atoms with van der Waals surface area (Å²) in [5.41, 5.74) is 3.57. The van der Waals surface area contributed by atoms with Crippen LogP contribution in [-0.2, 0) is 4.74 Å². The minimum atomic E-state index is -0.278. The summed E-state index contributed by atoms with van der Waals surface area (Å²) in [5, 5.41) is 4.44. The third-order valence-electron chi connectivity index (χ3n) is 4.05. The first-order chi connectivity index (χ1) is 12.2. The molecule has 0 saturated carbocycles. The third kappa shape index (κ3) is 4.73. The number of nitrogens with one attached hydrogen (secondary N) is 1. The minimum absolute atomic E-state index is 0. The molecule has 0 unspecified atom stereocenters. The lowest BCUT2D eigenvalue weighted by atomic mass is 10.1. The second kappa shape index (κ2) is 9.20. The molecule has 1 N–H and O–H groups in total. The van der Waals surface area contributed by atoms with Crippen LogP contribution in [0.1, 0.15) is 35.7 Å². The van der Waals surface area contributed by atoms with E-state index in [0.29, 0.717) is 12.2 Å². The number of para-hydroxylation sites is 1. The van der Waals surface area contributed by atoms with Gasteiger partial charge in [-0.2, -0.15) is 0 Å². The Bertz CT molecular complexity index is 879. The number of rotatable bonds is 6. The zero-order valence-corrected chi connectivity index (χ0v) is 15.8. The van der Waals surface area contributed by atoms with E-state index in [1.54, 1.807) is 12.1 Å². The van der Waals surface area contributed by atoms with Gasteiger partial charge in [-0.05, 0) is 55.3 Å². The van der Waals surface area contributed by atoms with E-state index in [9.17, 15) is 4.79 Å². The lowest BCUT2D eigenvalue weighted by Crippen LogP contribution is -2.06. The number of ether oxygens (including phenoxy) is 1. The molecule has 26 heavy (non-hydrogen) atoms. The van der Waals surface area contributed by atoms with E-state index < -0.39 is 0 Å². The quantitative estimate of drug-likeness (QED) is 0.449. The van der Waals surface area contributed by atoms with Gasteiger partial charge in [0.05, 0.1) is 17.7 Å². The van der Waals surface area contributed by atoms with Gasteiger partial charge in [0.15, 0.2) is 0 Å². The van der Waals surface area contributed by atoms with E-state index >= 15 is 0 Å². The summed E-state index contributed by atoms with van der Waals surface area (Å²) in [6.45, 7) is 4.61. The number of fused-ring (bicyclic) bond motifs is 1.